The molecule has 1 aromatic heterocycles. The summed E-state index contributed by atoms with van der Waals surface area (Å²) in [5.41, 5.74) is 0. The van der Waals surface area contributed by atoms with Crippen molar-refractivity contribution in [2.75, 3.05) is 5.75 Å². The first-order valence-corrected chi connectivity index (χ1v) is 6.62. The highest BCUT2D eigenvalue weighted by molar-refractivity contribution is 7.93. The molecule has 1 heterocycles. The number of rotatable bonds is 4. The van der Waals surface area contributed by atoms with E-state index in [0.29, 0.717) is 11.3 Å². The first-order valence-electron chi connectivity index (χ1n) is 4.15. The largest absolute Gasteiger partial charge is 0.301 e. The van der Waals surface area contributed by atoms with Gasteiger partial charge in [-0.25, -0.2) is 17.8 Å². The van der Waals surface area contributed by atoms with Gasteiger partial charge in [-0.1, -0.05) is 11.3 Å². The van der Waals surface area contributed by atoms with Crippen molar-refractivity contribution in [3.63, 3.8) is 0 Å². The molecule has 0 fully saturated rings. The Labute approximate surface area is 98.9 Å². The van der Waals surface area contributed by atoms with Crippen LogP contribution in [-0.2, 0) is 9.84 Å². The lowest BCUT2D eigenvalue weighted by Crippen LogP contribution is -2.06. The van der Waals surface area contributed by atoms with Gasteiger partial charge in [-0.15, -0.1) is 0 Å². The van der Waals surface area contributed by atoms with Gasteiger partial charge in [-0.05, 0) is 0 Å². The molecule has 0 aliphatic rings. The summed E-state index contributed by atoms with van der Waals surface area (Å²) in [6.45, 7) is 0. The monoisotopic (exact) mass is 282 g/mol. The number of thiazole rings is 1. The van der Waals surface area contributed by atoms with Crippen molar-refractivity contribution in [3.05, 3.63) is 23.0 Å². The fourth-order valence-corrected chi connectivity index (χ4v) is 3.17. The normalized spacial score (nSPS) is 10.9. The molecule has 0 saturated carbocycles. The molecular weight excluding hydrogens is 277 g/mol. The summed E-state index contributed by atoms with van der Waals surface area (Å²) in [6, 6.07) is 1.69. The van der Waals surface area contributed by atoms with Crippen LogP contribution in [0.4, 0.5) is 13.2 Å². The lowest BCUT2D eigenvalue weighted by molar-refractivity contribution is 0.373. The van der Waals surface area contributed by atoms with Crippen molar-refractivity contribution in [1.29, 1.82) is 5.26 Å². The number of allylic oxidation sites excluding steroid dienone is 1. The van der Waals surface area contributed by atoms with E-state index in [-0.39, 0.29) is 9.22 Å². The highest BCUT2D eigenvalue weighted by Gasteiger charge is 2.20. The highest BCUT2D eigenvalue weighted by atomic mass is 32.2. The Balaban J connectivity index is 2.84. The van der Waals surface area contributed by atoms with E-state index in [1.807, 2.05) is 0 Å². The van der Waals surface area contributed by atoms with Crippen LogP contribution in [0.25, 0.3) is 0 Å². The summed E-state index contributed by atoms with van der Waals surface area (Å²) in [4.78, 5) is 3.54. The van der Waals surface area contributed by atoms with E-state index in [0.717, 1.165) is 6.20 Å². The fraction of sp³-hybridized carbons (Fsp3) is 0.250. The molecule has 9 heteroatoms. The summed E-state index contributed by atoms with van der Waals surface area (Å²) < 4.78 is 58.5. The van der Waals surface area contributed by atoms with Crippen LogP contribution in [0.5, 0.6) is 0 Å². The van der Waals surface area contributed by atoms with Crippen LogP contribution in [-0.4, -0.2) is 19.2 Å². The van der Waals surface area contributed by atoms with Crippen LogP contribution in [0.2, 0.25) is 0 Å². The Bertz CT molecular complexity index is 582. The van der Waals surface area contributed by atoms with Gasteiger partial charge in [0.1, 0.15) is 10.9 Å². The van der Waals surface area contributed by atoms with Crippen molar-refractivity contribution in [2.24, 2.45) is 0 Å². The minimum atomic E-state index is -3.93. The average Bonchev–Trinajstić information content (AvgIpc) is 2.75. The number of aromatic nitrogens is 1. The maximum Gasteiger partial charge on any atom is 0.301 e. The van der Waals surface area contributed by atoms with Crippen LogP contribution >= 0.6 is 11.3 Å². The number of nitrogens with zero attached hydrogens (tertiary/aromatic N) is 2. The Hall–Kier alpha value is -1.40. The van der Waals surface area contributed by atoms with E-state index in [4.69, 9.17) is 5.26 Å². The number of sulfone groups is 1. The van der Waals surface area contributed by atoms with Crippen molar-refractivity contribution in [2.45, 2.75) is 10.8 Å². The van der Waals surface area contributed by atoms with E-state index in [1.165, 1.54) is 0 Å². The SMILES string of the molecule is N#Cc1cnc(S(=O)(=O)CCC(F)=C(F)F)s1. The third kappa shape index (κ3) is 3.54. The van der Waals surface area contributed by atoms with E-state index >= 15 is 0 Å². The number of halogens is 3. The minimum absolute atomic E-state index is 0.0799. The Morgan fingerprint density at radius 3 is 2.59 bits per heavy atom. The highest BCUT2D eigenvalue weighted by Crippen LogP contribution is 2.21. The smallest absolute Gasteiger partial charge is 0.232 e. The standard InChI is InChI=1S/C8H5F3N2O2S2/c9-6(7(10)11)1-2-17(14,15)8-13-4-5(3-12)16-8/h4H,1-2H2. The van der Waals surface area contributed by atoms with Gasteiger partial charge in [0.25, 0.3) is 0 Å². The maximum absolute atomic E-state index is 12.4. The van der Waals surface area contributed by atoms with E-state index in [2.05, 4.69) is 4.98 Å². The molecule has 0 aliphatic heterocycles. The third-order valence-corrected chi connectivity index (χ3v) is 4.74. The van der Waals surface area contributed by atoms with E-state index < -0.39 is 33.9 Å². The molecule has 0 radical (unpaired) electrons. The van der Waals surface area contributed by atoms with Gasteiger partial charge in [0.15, 0.2) is 5.83 Å². The molecule has 1 aromatic rings. The summed E-state index contributed by atoms with van der Waals surface area (Å²) in [7, 11) is -3.93. The molecular formula is C8H5F3N2O2S2. The number of hydrogen-bond acceptors (Lipinski definition) is 5. The fourth-order valence-electron chi connectivity index (χ4n) is 0.859. The zero-order valence-corrected chi connectivity index (χ0v) is 9.79. The van der Waals surface area contributed by atoms with Crippen LogP contribution in [0.1, 0.15) is 11.3 Å². The molecule has 17 heavy (non-hydrogen) atoms. The summed E-state index contributed by atoms with van der Waals surface area (Å²) in [6.07, 6.45) is -2.39. The van der Waals surface area contributed by atoms with E-state index in [9.17, 15) is 21.6 Å². The first-order chi connectivity index (χ1) is 7.86. The Kier molecular flexibility index (Phi) is 4.25. The van der Waals surface area contributed by atoms with Gasteiger partial charge in [0.05, 0.1) is 11.9 Å². The van der Waals surface area contributed by atoms with Gasteiger partial charge in [0.2, 0.25) is 14.2 Å². The lowest BCUT2D eigenvalue weighted by atomic mass is 10.4. The Morgan fingerprint density at radius 2 is 2.12 bits per heavy atom. The topological polar surface area (TPSA) is 70.8 Å². The molecule has 0 aromatic carbocycles. The van der Waals surface area contributed by atoms with Crippen LogP contribution in [0.3, 0.4) is 0 Å². The molecule has 0 N–H and O–H groups in total. The molecule has 0 bridgehead atoms. The summed E-state index contributed by atoms with van der Waals surface area (Å²) in [5, 5.41) is 8.47. The Morgan fingerprint density at radius 1 is 1.47 bits per heavy atom. The van der Waals surface area contributed by atoms with Crippen molar-refractivity contribution >= 4 is 21.2 Å². The predicted octanol–water partition coefficient (Wildman–Crippen LogP) is 2.26. The van der Waals surface area contributed by atoms with Gasteiger partial charge in [-0.2, -0.15) is 14.0 Å². The average molecular weight is 282 g/mol. The number of nitriles is 1. The molecule has 4 nitrogen and oxygen atoms in total. The second kappa shape index (κ2) is 5.29. The predicted molar refractivity (Wildman–Crippen MR) is 53.8 cm³/mol. The van der Waals surface area contributed by atoms with Gasteiger partial charge >= 0.3 is 6.08 Å². The second-order valence-electron chi connectivity index (χ2n) is 2.84. The van der Waals surface area contributed by atoms with E-state index in [1.54, 1.807) is 6.07 Å². The molecule has 0 spiro atoms. The molecule has 92 valence electrons. The zero-order chi connectivity index (χ0) is 13.1. The molecule has 0 saturated heterocycles. The first kappa shape index (κ1) is 13.7. The third-order valence-electron chi connectivity index (χ3n) is 1.66. The lowest BCUT2D eigenvalue weighted by Gasteiger charge is -1.98. The van der Waals surface area contributed by atoms with Crippen LogP contribution in [0, 0.1) is 11.3 Å². The van der Waals surface area contributed by atoms with Crippen LogP contribution in [0.15, 0.2) is 22.4 Å². The van der Waals surface area contributed by atoms with Crippen molar-refractivity contribution in [1.82, 2.24) is 4.98 Å². The molecule has 0 unspecified atom stereocenters. The molecule has 1 rings (SSSR count). The summed E-state index contributed by atoms with van der Waals surface area (Å²) in [5.74, 6) is -2.57. The van der Waals surface area contributed by atoms with Crippen molar-refractivity contribution in [3.8, 4) is 6.07 Å². The van der Waals surface area contributed by atoms with Gasteiger partial charge in [0, 0.05) is 6.42 Å². The maximum atomic E-state index is 12.4. The second-order valence-corrected chi connectivity index (χ2v) is 6.15. The molecule has 0 amide bonds. The summed E-state index contributed by atoms with van der Waals surface area (Å²) >= 11 is 0.614. The van der Waals surface area contributed by atoms with Gasteiger partial charge < -0.3 is 0 Å². The number of hydrogen-bond donors (Lipinski definition) is 0. The quantitative estimate of drug-likeness (QED) is 0.849. The molecule has 0 atom stereocenters. The van der Waals surface area contributed by atoms with Gasteiger partial charge in [-0.3, -0.25) is 0 Å². The van der Waals surface area contributed by atoms with Crippen LogP contribution < -0.4 is 0 Å². The molecule has 0 aliphatic carbocycles. The van der Waals surface area contributed by atoms with Crippen molar-refractivity contribution < 1.29 is 21.6 Å². The minimum Gasteiger partial charge on any atom is -0.232 e. The zero-order valence-electron chi connectivity index (χ0n) is 8.15.